The van der Waals surface area contributed by atoms with Crippen LogP contribution in [0.25, 0.3) is 11.1 Å². The highest BCUT2D eigenvalue weighted by Crippen LogP contribution is 2.38. The van der Waals surface area contributed by atoms with Crippen molar-refractivity contribution in [1.29, 1.82) is 0 Å². The SMILES string of the molecule is NCC1CCCCC1c1nc2cccc(Br)c2o1. The summed E-state index contributed by atoms with van der Waals surface area (Å²) in [4.78, 5) is 4.64. The molecule has 0 amide bonds. The molecule has 0 spiro atoms. The number of oxazole rings is 1. The molecule has 2 aromatic rings. The van der Waals surface area contributed by atoms with E-state index in [2.05, 4.69) is 20.9 Å². The minimum absolute atomic E-state index is 0.392. The molecule has 1 aromatic heterocycles. The fourth-order valence-corrected chi connectivity index (χ4v) is 3.34. The Hall–Kier alpha value is -0.870. The van der Waals surface area contributed by atoms with Crippen molar-refractivity contribution in [2.24, 2.45) is 11.7 Å². The topological polar surface area (TPSA) is 52.0 Å². The fraction of sp³-hybridized carbons (Fsp3) is 0.500. The van der Waals surface area contributed by atoms with Crippen molar-refractivity contribution in [2.75, 3.05) is 6.54 Å². The second kappa shape index (κ2) is 5.02. The lowest BCUT2D eigenvalue weighted by molar-refractivity contribution is 0.275. The minimum Gasteiger partial charge on any atom is -0.439 e. The van der Waals surface area contributed by atoms with E-state index in [1.165, 1.54) is 19.3 Å². The van der Waals surface area contributed by atoms with Gasteiger partial charge in [0, 0.05) is 5.92 Å². The van der Waals surface area contributed by atoms with E-state index in [4.69, 9.17) is 10.2 Å². The van der Waals surface area contributed by atoms with Crippen molar-refractivity contribution < 1.29 is 4.42 Å². The van der Waals surface area contributed by atoms with Gasteiger partial charge in [0.2, 0.25) is 0 Å². The summed E-state index contributed by atoms with van der Waals surface area (Å²) in [6.45, 7) is 0.727. The quantitative estimate of drug-likeness (QED) is 0.917. The Labute approximate surface area is 115 Å². The number of rotatable bonds is 2. The molecule has 0 bridgehead atoms. The smallest absolute Gasteiger partial charge is 0.198 e. The first kappa shape index (κ1) is 12.2. The molecular weight excluding hydrogens is 292 g/mol. The Morgan fingerprint density at radius 1 is 1.33 bits per heavy atom. The summed E-state index contributed by atoms with van der Waals surface area (Å²) in [5.41, 5.74) is 7.66. The van der Waals surface area contributed by atoms with Crippen molar-refractivity contribution in [3.8, 4) is 0 Å². The number of aromatic nitrogens is 1. The van der Waals surface area contributed by atoms with Crippen LogP contribution in [0.2, 0.25) is 0 Å². The van der Waals surface area contributed by atoms with E-state index in [-0.39, 0.29) is 0 Å². The molecule has 1 aliphatic rings. The lowest BCUT2D eigenvalue weighted by Gasteiger charge is -2.27. The van der Waals surface area contributed by atoms with E-state index >= 15 is 0 Å². The zero-order chi connectivity index (χ0) is 12.5. The van der Waals surface area contributed by atoms with Crippen molar-refractivity contribution in [3.63, 3.8) is 0 Å². The summed E-state index contributed by atoms with van der Waals surface area (Å²) >= 11 is 3.51. The van der Waals surface area contributed by atoms with Crippen LogP contribution < -0.4 is 5.73 Å². The van der Waals surface area contributed by atoms with Crippen LogP contribution in [0.5, 0.6) is 0 Å². The normalized spacial score (nSPS) is 24.6. The van der Waals surface area contributed by atoms with Crippen molar-refractivity contribution in [1.82, 2.24) is 4.98 Å². The van der Waals surface area contributed by atoms with Crippen LogP contribution in [0.4, 0.5) is 0 Å². The Morgan fingerprint density at radius 3 is 2.94 bits per heavy atom. The molecule has 1 aromatic carbocycles. The standard InChI is InChI=1S/C14H17BrN2O/c15-11-6-3-7-12-13(11)18-14(17-12)10-5-2-1-4-9(10)8-16/h3,6-7,9-10H,1-2,4-5,8,16H2. The van der Waals surface area contributed by atoms with Gasteiger partial charge >= 0.3 is 0 Å². The molecular formula is C14H17BrN2O. The largest absolute Gasteiger partial charge is 0.439 e. The van der Waals surface area contributed by atoms with Crippen molar-refractivity contribution in [2.45, 2.75) is 31.6 Å². The maximum absolute atomic E-state index is 5.96. The fourth-order valence-electron chi connectivity index (χ4n) is 2.91. The van der Waals surface area contributed by atoms with Crippen LogP contribution in [-0.2, 0) is 0 Å². The highest BCUT2D eigenvalue weighted by atomic mass is 79.9. The van der Waals surface area contributed by atoms with Gasteiger partial charge in [0.1, 0.15) is 5.52 Å². The van der Waals surface area contributed by atoms with E-state index in [1.807, 2.05) is 18.2 Å². The zero-order valence-corrected chi connectivity index (χ0v) is 11.8. The van der Waals surface area contributed by atoms with E-state index < -0.39 is 0 Å². The summed E-state index contributed by atoms with van der Waals surface area (Å²) < 4.78 is 6.93. The van der Waals surface area contributed by atoms with E-state index in [0.29, 0.717) is 11.8 Å². The maximum Gasteiger partial charge on any atom is 0.198 e. The molecule has 2 N–H and O–H groups in total. The maximum atomic E-state index is 5.96. The first-order valence-corrected chi connectivity index (χ1v) is 7.34. The van der Waals surface area contributed by atoms with E-state index in [1.54, 1.807) is 0 Å². The first-order valence-electron chi connectivity index (χ1n) is 6.54. The predicted octanol–water partition coefficient (Wildman–Crippen LogP) is 3.82. The minimum atomic E-state index is 0.392. The summed E-state index contributed by atoms with van der Waals surface area (Å²) in [7, 11) is 0. The van der Waals surface area contributed by atoms with Gasteiger partial charge in [0.15, 0.2) is 11.5 Å². The molecule has 0 saturated heterocycles. The van der Waals surface area contributed by atoms with Crippen LogP contribution in [0, 0.1) is 5.92 Å². The van der Waals surface area contributed by atoms with Gasteiger partial charge in [-0.3, -0.25) is 0 Å². The van der Waals surface area contributed by atoms with Crippen molar-refractivity contribution >= 4 is 27.0 Å². The summed E-state index contributed by atoms with van der Waals surface area (Å²) in [6.07, 6.45) is 4.87. The number of benzene rings is 1. The highest BCUT2D eigenvalue weighted by molar-refractivity contribution is 9.10. The van der Waals surface area contributed by atoms with E-state index in [9.17, 15) is 0 Å². The molecule has 4 heteroatoms. The number of fused-ring (bicyclic) bond motifs is 1. The van der Waals surface area contributed by atoms with Crippen LogP contribution in [0.3, 0.4) is 0 Å². The van der Waals surface area contributed by atoms with E-state index in [0.717, 1.165) is 34.4 Å². The molecule has 96 valence electrons. The monoisotopic (exact) mass is 308 g/mol. The summed E-state index contributed by atoms with van der Waals surface area (Å²) in [6, 6.07) is 5.96. The number of hydrogen-bond acceptors (Lipinski definition) is 3. The molecule has 2 atom stereocenters. The third-order valence-electron chi connectivity index (χ3n) is 3.91. The lowest BCUT2D eigenvalue weighted by atomic mass is 9.79. The third kappa shape index (κ3) is 2.08. The second-order valence-electron chi connectivity index (χ2n) is 5.03. The summed E-state index contributed by atoms with van der Waals surface area (Å²) in [5.74, 6) is 1.78. The average Bonchev–Trinajstić information content (AvgIpc) is 2.84. The van der Waals surface area contributed by atoms with Gasteiger partial charge in [0.05, 0.1) is 4.47 Å². The number of hydrogen-bond donors (Lipinski definition) is 1. The average molecular weight is 309 g/mol. The van der Waals surface area contributed by atoms with Gasteiger partial charge < -0.3 is 10.2 Å². The highest BCUT2D eigenvalue weighted by Gasteiger charge is 2.29. The zero-order valence-electron chi connectivity index (χ0n) is 10.2. The molecule has 3 rings (SSSR count). The third-order valence-corrected chi connectivity index (χ3v) is 4.54. The molecule has 1 heterocycles. The van der Waals surface area contributed by atoms with Gasteiger partial charge in [-0.2, -0.15) is 0 Å². The first-order chi connectivity index (χ1) is 8.79. The van der Waals surface area contributed by atoms with Gasteiger partial charge in [-0.25, -0.2) is 4.98 Å². The Balaban J connectivity index is 2.00. The molecule has 18 heavy (non-hydrogen) atoms. The Kier molecular flexibility index (Phi) is 3.39. The Bertz CT molecular complexity index is 552. The van der Waals surface area contributed by atoms with Crippen LogP contribution in [0.1, 0.15) is 37.5 Å². The van der Waals surface area contributed by atoms with Gasteiger partial charge in [-0.05, 0) is 53.4 Å². The van der Waals surface area contributed by atoms with Gasteiger partial charge in [-0.15, -0.1) is 0 Å². The van der Waals surface area contributed by atoms with Gasteiger partial charge in [0.25, 0.3) is 0 Å². The second-order valence-corrected chi connectivity index (χ2v) is 5.88. The van der Waals surface area contributed by atoms with Crippen LogP contribution in [-0.4, -0.2) is 11.5 Å². The summed E-state index contributed by atoms with van der Waals surface area (Å²) in [5, 5.41) is 0. The number of nitrogens with zero attached hydrogens (tertiary/aromatic N) is 1. The lowest BCUT2D eigenvalue weighted by Crippen LogP contribution is -2.25. The number of nitrogens with two attached hydrogens (primary N) is 1. The molecule has 1 aliphatic carbocycles. The molecule has 1 saturated carbocycles. The molecule has 2 unspecified atom stereocenters. The predicted molar refractivity (Wildman–Crippen MR) is 75.5 cm³/mol. The van der Waals surface area contributed by atoms with Crippen molar-refractivity contribution in [3.05, 3.63) is 28.6 Å². The van der Waals surface area contributed by atoms with Gasteiger partial charge in [-0.1, -0.05) is 18.9 Å². The molecule has 1 fully saturated rings. The molecule has 0 radical (unpaired) electrons. The number of para-hydroxylation sites is 1. The Morgan fingerprint density at radius 2 is 2.17 bits per heavy atom. The van der Waals surface area contributed by atoms with Crippen LogP contribution >= 0.6 is 15.9 Å². The number of halogens is 1. The molecule has 0 aliphatic heterocycles. The molecule has 3 nitrogen and oxygen atoms in total. The van der Waals surface area contributed by atoms with Crippen LogP contribution in [0.15, 0.2) is 27.1 Å².